The zero-order valence-corrected chi connectivity index (χ0v) is 15.2. The van der Waals surface area contributed by atoms with Crippen LogP contribution in [0.2, 0.25) is 0 Å². The van der Waals surface area contributed by atoms with Crippen LogP contribution in [0.4, 0.5) is 0 Å². The van der Waals surface area contributed by atoms with Crippen LogP contribution >= 0.6 is 0 Å². The van der Waals surface area contributed by atoms with Gasteiger partial charge in [-0.25, -0.2) is 0 Å². The fraction of sp³-hybridized carbons (Fsp3) is 0.833. The molecule has 6 nitrogen and oxygen atoms in total. The van der Waals surface area contributed by atoms with Gasteiger partial charge in [-0.1, -0.05) is 0 Å². The highest BCUT2D eigenvalue weighted by atomic mass is 16.7. The van der Waals surface area contributed by atoms with Gasteiger partial charge in [0.15, 0.2) is 6.29 Å². The third kappa shape index (κ3) is 2.79. The molecule has 1 aromatic heterocycles. The summed E-state index contributed by atoms with van der Waals surface area (Å²) in [4.78, 5) is 2.56. The van der Waals surface area contributed by atoms with E-state index in [1.54, 1.807) is 0 Å². The number of likely N-dealkylation sites (tertiary alicyclic amines) is 1. The molecule has 1 aromatic rings. The fourth-order valence-corrected chi connectivity index (χ4v) is 3.66. The van der Waals surface area contributed by atoms with Gasteiger partial charge in [-0.3, -0.25) is 9.58 Å². The molecular formula is C18H29N3O3. The van der Waals surface area contributed by atoms with Crippen molar-refractivity contribution in [1.82, 2.24) is 14.7 Å². The maximum atomic E-state index is 6.11. The predicted octanol–water partition coefficient (Wildman–Crippen LogP) is 2.52. The van der Waals surface area contributed by atoms with Gasteiger partial charge in [0, 0.05) is 44.1 Å². The van der Waals surface area contributed by atoms with Gasteiger partial charge in [0.25, 0.3) is 0 Å². The first-order valence-corrected chi connectivity index (χ1v) is 9.07. The van der Waals surface area contributed by atoms with Crippen LogP contribution in [-0.4, -0.2) is 58.2 Å². The lowest BCUT2D eigenvalue weighted by Crippen LogP contribution is -2.54. The SMILES string of the molecule is CC1(C)OC(c2cnn(C3CN(C4CCOCC4)C3)c2)OC1(C)C. The van der Waals surface area contributed by atoms with Gasteiger partial charge in [-0.2, -0.15) is 5.10 Å². The maximum absolute atomic E-state index is 6.11. The van der Waals surface area contributed by atoms with Crippen molar-refractivity contribution in [3.8, 4) is 0 Å². The molecule has 6 heteroatoms. The Morgan fingerprint density at radius 1 is 1.00 bits per heavy atom. The quantitative estimate of drug-likeness (QED) is 0.849. The molecule has 3 aliphatic heterocycles. The Morgan fingerprint density at radius 3 is 2.25 bits per heavy atom. The van der Waals surface area contributed by atoms with Crippen molar-refractivity contribution in [2.45, 2.75) is 70.1 Å². The second-order valence-electron chi connectivity index (χ2n) is 8.29. The lowest BCUT2D eigenvalue weighted by Gasteiger charge is -2.45. The highest BCUT2D eigenvalue weighted by Crippen LogP contribution is 2.44. The Balaban J connectivity index is 1.37. The molecule has 0 spiro atoms. The molecule has 0 aromatic carbocycles. The van der Waals surface area contributed by atoms with Crippen molar-refractivity contribution < 1.29 is 14.2 Å². The van der Waals surface area contributed by atoms with Crippen LogP contribution in [0.15, 0.2) is 12.4 Å². The molecule has 0 radical (unpaired) electrons. The van der Waals surface area contributed by atoms with Crippen LogP contribution in [0.3, 0.4) is 0 Å². The Morgan fingerprint density at radius 2 is 1.62 bits per heavy atom. The minimum Gasteiger partial charge on any atom is -0.381 e. The Hall–Kier alpha value is -0.950. The van der Waals surface area contributed by atoms with E-state index in [-0.39, 0.29) is 17.5 Å². The molecule has 4 heterocycles. The zero-order valence-electron chi connectivity index (χ0n) is 15.2. The standard InChI is InChI=1S/C18H29N3O3/c1-17(2)18(3,4)24-16(23-17)13-9-19-21(10-13)15-11-20(12-15)14-5-7-22-8-6-14/h9-10,14-16H,5-8,11-12H2,1-4H3. The van der Waals surface area contributed by atoms with Crippen LogP contribution in [0.5, 0.6) is 0 Å². The van der Waals surface area contributed by atoms with Crippen molar-refractivity contribution >= 4 is 0 Å². The van der Waals surface area contributed by atoms with E-state index in [0.29, 0.717) is 12.1 Å². The fourth-order valence-electron chi connectivity index (χ4n) is 3.66. The summed E-state index contributed by atoms with van der Waals surface area (Å²) in [6.45, 7) is 12.3. The third-order valence-electron chi connectivity index (χ3n) is 6.12. The number of nitrogens with zero attached hydrogens (tertiary/aromatic N) is 3. The number of hydrogen-bond acceptors (Lipinski definition) is 5. The van der Waals surface area contributed by atoms with E-state index in [4.69, 9.17) is 14.2 Å². The molecule has 0 bridgehead atoms. The van der Waals surface area contributed by atoms with E-state index >= 15 is 0 Å². The lowest BCUT2D eigenvalue weighted by atomic mass is 9.90. The van der Waals surface area contributed by atoms with Gasteiger partial charge in [0.1, 0.15) is 0 Å². The summed E-state index contributed by atoms with van der Waals surface area (Å²) in [5.41, 5.74) is 0.393. The molecular weight excluding hydrogens is 306 g/mol. The summed E-state index contributed by atoms with van der Waals surface area (Å²) < 4.78 is 19.8. The first-order valence-electron chi connectivity index (χ1n) is 9.07. The van der Waals surface area contributed by atoms with Gasteiger partial charge in [-0.15, -0.1) is 0 Å². The second-order valence-corrected chi connectivity index (χ2v) is 8.29. The molecule has 0 saturated carbocycles. The van der Waals surface area contributed by atoms with Crippen LogP contribution in [0.1, 0.15) is 58.4 Å². The van der Waals surface area contributed by atoms with Crippen molar-refractivity contribution in [2.75, 3.05) is 26.3 Å². The third-order valence-corrected chi connectivity index (χ3v) is 6.12. The highest BCUT2D eigenvalue weighted by molar-refractivity contribution is 5.11. The average Bonchev–Trinajstić information content (AvgIpc) is 3.02. The van der Waals surface area contributed by atoms with Crippen LogP contribution in [-0.2, 0) is 14.2 Å². The Kier molecular flexibility index (Phi) is 3.99. The molecule has 3 saturated heterocycles. The smallest absolute Gasteiger partial charge is 0.188 e. The van der Waals surface area contributed by atoms with Crippen molar-refractivity contribution in [3.63, 3.8) is 0 Å². The van der Waals surface area contributed by atoms with E-state index in [2.05, 4.69) is 48.6 Å². The van der Waals surface area contributed by atoms with E-state index in [1.807, 2.05) is 6.20 Å². The molecule has 4 rings (SSSR count). The number of ether oxygens (including phenoxy) is 3. The maximum Gasteiger partial charge on any atom is 0.188 e. The topological polar surface area (TPSA) is 48.8 Å². The van der Waals surface area contributed by atoms with E-state index in [9.17, 15) is 0 Å². The molecule has 134 valence electrons. The molecule has 3 aliphatic rings. The minimum absolute atomic E-state index is 0.309. The summed E-state index contributed by atoms with van der Waals surface area (Å²) >= 11 is 0. The zero-order chi connectivity index (χ0) is 16.9. The first-order chi connectivity index (χ1) is 11.4. The average molecular weight is 335 g/mol. The number of rotatable bonds is 3. The van der Waals surface area contributed by atoms with E-state index < -0.39 is 0 Å². The Labute approximate surface area is 144 Å². The highest BCUT2D eigenvalue weighted by Gasteiger charge is 2.50. The van der Waals surface area contributed by atoms with Crippen molar-refractivity contribution in [1.29, 1.82) is 0 Å². The van der Waals surface area contributed by atoms with E-state index in [0.717, 1.165) is 44.7 Å². The van der Waals surface area contributed by atoms with Crippen LogP contribution in [0.25, 0.3) is 0 Å². The predicted molar refractivity (Wildman–Crippen MR) is 89.7 cm³/mol. The van der Waals surface area contributed by atoms with Crippen LogP contribution < -0.4 is 0 Å². The molecule has 0 unspecified atom stereocenters. The van der Waals surface area contributed by atoms with Gasteiger partial charge in [0.2, 0.25) is 0 Å². The number of hydrogen-bond donors (Lipinski definition) is 0. The second kappa shape index (κ2) is 5.80. The summed E-state index contributed by atoms with van der Waals surface area (Å²) in [6, 6.07) is 1.15. The first kappa shape index (κ1) is 16.5. The molecule has 0 atom stereocenters. The van der Waals surface area contributed by atoms with Gasteiger partial charge in [-0.05, 0) is 40.5 Å². The Bertz CT molecular complexity index is 570. The molecule has 3 fully saturated rings. The van der Waals surface area contributed by atoms with Gasteiger partial charge >= 0.3 is 0 Å². The normalized spacial score (nSPS) is 29.0. The van der Waals surface area contributed by atoms with Crippen LogP contribution in [0, 0.1) is 0 Å². The summed E-state index contributed by atoms with van der Waals surface area (Å²) in [5, 5.41) is 4.56. The molecule has 0 N–H and O–H groups in total. The summed E-state index contributed by atoms with van der Waals surface area (Å²) in [5.74, 6) is 0. The van der Waals surface area contributed by atoms with Crippen molar-refractivity contribution in [2.24, 2.45) is 0 Å². The largest absolute Gasteiger partial charge is 0.381 e. The van der Waals surface area contributed by atoms with E-state index in [1.165, 1.54) is 0 Å². The lowest BCUT2D eigenvalue weighted by molar-refractivity contribution is -0.0897. The van der Waals surface area contributed by atoms with Crippen molar-refractivity contribution in [3.05, 3.63) is 18.0 Å². The molecule has 0 amide bonds. The monoisotopic (exact) mass is 335 g/mol. The molecule has 24 heavy (non-hydrogen) atoms. The van der Waals surface area contributed by atoms with Gasteiger partial charge < -0.3 is 14.2 Å². The molecule has 0 aliphatic carbocycles. The summed E-state index contributed by atoms with van der Waals surface area (Å²) in [7, 11) is 0. The number of aromatic nitrogens is 2. The summed E-state index contributed by atoms with van der Waals surface area (Å²) in [6.07, 6.45) is 5.97. The minimum atomic E-state index is -0.324. The van der Waals surface area contributed by atoms with Gasteiger partial charge in [0.05, 0.1) is 23.4 Å².